The SMILES string of the molecule is CC(C)[C@@H](NC(=O)Nc1ccccc1)C(=O)Nc1ccc2c(c1)NC(=O)CO2. The van der Waals surface area contributed by atoms with Gasteiger partial charge < -0.3 is 26.0 Å². The average molecular weight is 382 g/mol. The highest BCUT2D eigenvalue weighted by atomic mass is 16.5. The van der Waals surface area contributed by atoms with Crippen LogP contribution in [0.1, 0.15) is 13.8 Å². The summed E-state index contributed by atoms with van der Waals surface area (Å²) >= 11 is 0. The van der Waals surface area contributed by atoms with Crippen LogP contribution >= 0.6 is 0 Å². The third-order valence-electron chi connectivity index (χ3n) is 4.15. The third kappa shape index (κ3) is 4.79. The van der Waals surface area contributed by atoms with Gasteiger partial charge in [-0.25, -0.2) is 4.79 Å². The first-order valence-electron chi connectivity index (χ1n) is 8.92. The van der Waals surface area contributed by atoms with Gasteiger partial charge in [-0.05, 0) is 36.2 Å². The van der Waals surface area contributed by atoms with Gasteiger partial charge in [0.2, 0.25) is 5.91 Å². The van der Waals surface area contributed by atoms with Crippen molar-refractivity contribution in [1.29, 1.82) is 0 Å². The molecule has 0 saturated carbocycles. The summed E-state index contributed by atoms with van der Waals surface area (Å²) in [6.07, 6.45) is 0. The van der Waals surface area contributed by atoms with Crippen LogP contribution in [0.3, 0.4) is 0 Å². The zero-order valence-corrected chi connectivity index (χ0v) is 15.6. The van der Waals surface area contributed by atoms with Gasteiger partial charge in [0.05, 0.1) is 5.69 Å². The molecular formula is C20H22N4O4. The smallest absolute Gasteiger partial charge is 0.319 e. The molecule has 0 spiro atoms. The molecule has 0 aliphatic carbocycles. The van der Waals surface area contributed by atoms with Crippen molar-refractivity contribution in [2.24, 2.45) is 5.92 Å². The second-order valence-corrected chi connectivity index (χ2v) is 6.72. The van der Waals surface area contributed by atoms with Gasteiger partial charge in [0.1, 0.15) is 11.8 Å². The average Bonchev–Trinajstić information content (AvgIpc) is 2.66. The van der Waals surface area contributed by atoms with Crippen LogP contribution in [0, 0.1) is 5.92 Å². The predicted molar refractivity (Wildman–Crippen MR) is 106 cm³/mol. The summed E-state index contributed by atoms with van der Waals surface area (Å²) in [7, 11) is 0. The number of carbonyl (C=O) groups is 3. The normalized spacial score (nSPS) is 13.6. The number of hydrogen-bond acceptors (Lipinski definition) is 4. The summed E-state index contributed by atoms with van der Waals surface area (Å²) in [5, 5.41) is 10.9. The summed E-state index contributed by atoms with van der Waals surface area (Å²) in [5.41, 5.74) is 1.61. The first-order valence-corrected chi connectivity index (χ1v) is 8.92. The molecule has 2 aromatic carbocycles. The lowest BCUT2D eigenvalue weighted by Crippen LogP contribution is -2.48. The van der Waals surface area contributed by atoms with Crippen molar-refractivity contribution in [3.63, 3.8) is 0 Å². The number of anilines is 3. The lowest BCUT2D eigenvalue weighted by Gasteiger charge is -2.23. The van der Waals surface area contributed by atoms with E-state index >= 15 is 0 Å². The number of urea groups is 1. The Hall–Kier alpha value is -3.55. The fourth-order valence-corrected chi connectivity index (χ4v) is 2.75. The Morgan fingerprint density at radius 2 is 1.79 bits per heavy atom. The van der Waals surface area contributed by atoms with E-state index in [0.29, 0.717) is 22.8 Å². The summed E-state index contributed by atoms with van der Waals surface area (Å²) in [6, 6.07) is 12.7. The van der Waals surface area contributed by atoms with Crippen LogP contribution in [0.5, 0.6) is 5.75 Å². The molecule has 3 rings (SSSR count). The van der Waals surface area contributed by atoms with Gasteiger partial charge in [-0.2, -0.15) is 0 Å². The summed E-state index contributed by atoms with van der Waals surface area (Å²) in [6.45, 7) is 3.65. The van der Waals surface area contributed by atoms with Crippen molar-refractivity contribution < 1.29 is 19.1 Å². The molecule has 2 aromatic rings. The Balaban J connectivity index is 1.65. The Morgan fingerprint density at radius 1 is 1.04 bits per heavy atom. The van der Waals surface area contributed by atoms with Crippen molar-refractivity contribution in [1.82, 2.24) is 5.32 Å². The number of nitrogens with one attached hydrogen (secondary N) is 4. The molecule has 4 amide bonds. The monoisotopic (exact) mass is 382 g/mol. The van der Waals surface area contributed by atoms with E-state index in [4.69, 9.17) is 4.74 Å². The lowest BCUT2D eigenvalue weighted by molar-refractivity contribution is -0.119. The van der Waals surface area contributed by atoms with Crippen LogP contribution < -0.4 is 26.0 Å². The van der Waals surface area contributed by atoms with Gasteiger partial charge in [0, 0.05) is 11.4 Å². The van der Waals surface area contributed by atoms with Gasteiger partial charge in [-0.15, -0.1) is 0 Å². The molecule has 0 bridgehead atoms. The number of carbonyl (C=O) groups excluding carboxylic acids is 3. The summed E-state index contributed by atoms with van der Waals surface area (Å²) in [4.78, 5) is 36.4. The van der Waals surface area contributed by atoms with Gasteiger partial charge in [-0.3, -0.25) is 9.59 Å². The summed E-state index contributed by atoms with van der Waals surface area (Å²) in [5.74, 6) is -0.211. The highest BCUT2D eigenvalue weighted by molar-refractivity contribution is 6.01. The van der Waals surface area contributed by atoms with E-state index in [9.17, 15) is 14.4 Å². The van der Waals surface area contributed by atoms with E-state index in [1.807, 2.05) is 19.9 Å². The molecule has 1 heterocycles. The zero-order valence-electron chi connectivity index (χ0n) is 15.6. The number of rotatable bonds is 5. The molecule has 28 heavy (non-hydrogen) atoms. The molecule has 1 aliphatic heterocycles. The minimum Gasteiger partial charge on any atom is -0.482 e. The van der Waals surface area contributed by atoms with E-state index in [2.05, 4.69) is 21.3 Å². The molecule has 1 atom stereocenters. The van der Waals surface area contributed by atoms with Gasteiger partial charge >= 0.3 is 6.03 Å². The molecule has 1 aliphatic rings. The topological polar surface area (TPSA) is 109 Å². The van der Waals surface area contributed by atoms with E-state index < -0.39 is 12.1 Å². The fraction of sp³-hybridized carbons (Fsp3) is 0.250. The predicted octanol–water partition coefficient (Wildman–Crippen LogP) is 2.80. The van der Waals surface area contributed by atoms with Gasteiger partial charge in [0.25, 0.3) is 5.91 Å². The molecule has 8 heteroatoms. The third-order valence-corrected chi connectivity index (χ3v) is 4.15. The number of para-hydroxylation sites is 1. The van der Waals surface area contributed by atoms with Crippen LogP contribution in [0.4, 0.5) is 21.9 Å². The van der Waals surface area contributed by atoms with Crippen molar-refractivity contribution in [3.8, 4) is 5.75 Å². The molecule has 4 N–H and O–H groups in total. The second-order valence-electron chi connectivity index (χ2n) is 6.72. The molecule has 0 aromatic heterocycles. The first-order chi connectivity index (χ1) is 13.4. The van der Waals surface area contributed by atoms with Gasteiger partial charge in [0.15, 0.2) is 6.61 Å². The number of benzene rings is 2. The Morgan fingerprint density at radius 3 is 2.50 bits per heavy atom. The van der Waals surface area contributed by atoms with E-state index in [1.54, 1.807) is 42.5 Å². The summed E-state index contributed by atoms with van der Waals surface area (Å²) < 4.78 is 5.30. The number of fused-ring (bicyclic) bond motifs is 1. The Kier molecular flexibility index (Phi) is 5.78. The quantitative estimate of drug-likeness (QED) is 0.638. The maximum atomic E-state index is 12.7. The lowest BCUT2D eigenvalue weighted by atomic mass is 10.0. The molecule has 0 saturated heterocycles. The maximum Gasteiger partial charge on any atom is 0.319 e. The number of hydrogen-bond donors (Lipinski definition) is 4. The molecule has 0 fully saturated rings. The van der Waals surface area contributed by atoms with Crippen LogP contribution in [0.25, 0.3) is 0 Å². The molecule has 146 valence electrons. The van der Waals surface area contributed by atoms with Gasteiger partial charge in [-0.1, -0.05) is 32.0 Å². The van der Waals surface area contributed by atoms with E-state index in [-0.39, 0.29) is 24.3 Å². The number of ether oxygens (including phenoxy) is 1. The van der Waals surface area contributed by atoms with E-state index in [0.717, 1.165) is 0 Å². The zero-order chi connectivity index (χ0) is 20.1. The van der Waals surface area contributed by atoms with E-state index in [1.165, 1.54) is 0 Å². The van der Waals surface area contributed by atoms with Crippen LogP contribution in [0.15, 0.2) is 48.5 Å². The molecule has 0 unspecified atom stereocenters. The Bertz CT molecular complexity index is 883. The molecular weight excluding hydrogens is 360 g/mol. The van der Waals surface area contributed by atoms with Crippen LogP contribution in [-0.2, 0) is 9.59 Å². The molecule has 8 nitrogen and oxygen atoms in total. The largest absolute Gasteiger partial charge is 0.482 e. The highest BCUT2D eigenvalue weighted by Gasteiger charge is 2.25. The van der Waals surface area contributed by atoms with Crippen molar-refractivity contribution in [2.45, 2.75) is 19.9 Å². The maximum absolute atomic E-state index is 12.7. The fourth-order valence-electron chi connectivity index (χ4n) is 2.75. The molecule has 0 radical (unpaired) electrons. The standard InChI is InChI=1S/C20H22N4O4/c1-12(2)18(24-20(27)22-13-6-4-3-5-7-13)19(26)21-14-8-9-16-15(10-14)23-17(25)11-28-16/h3-10,12,18H,11H2,1-2H3,(H,21,26)(H,23,25)(H2,22,24,27)/t18-/m1/s1. The van der Waals surface area contributed by atoms with Crippen molar-refractivity contribution in [2.75, 3.05) is 22.6 Å². The first kappa shape index (κ1) is 19.2. The minimum atomic E-state index is -0.745. The van der Waals surface area contributed by atoms with Crippen LogP contribution in [-0.4, -0.2) is 30.5 Å². The van der Waals surface area contributed by atoms with Crippen molar-refractivity contribution in [3.05, 3.63) is 48.5 Å². The minimum absolute atomic E-state index is 0.0332. The van der Waals surface area contributed by atoms with Crippen molar-refractivity contribution >= 4 is 34.9 Å². The highest BCUT2D eigenvalue weighted by Crippen LogP contribution is 2.30. The van der Waals surface area contributed by atoms with Crippen LogP contribution in [0.2, 0.25) is 0 Å². The number of amides is 4. The second kappa shape index (κ2) is 8.43. The Labute approximate surface area is 162 Å².